The maximum absolute atomic E-state index is 9.53. The van der Waals surface area contributed by atoms with Crippen LogP contribution < -0.4 is 0 Å². The number of aromatic hydroxyl groups is 2. The summed E-state index contributed by atoms with van der Waals surface area (Å²) in [7, 11) is 0. The monoisotopic (exact) mass is 412 g/mol. The van der Waals surface area contributed by atoms with Crippen LogP contribution >= 0.6 is 0 Å². The molecule has 0 bridgehead atoms. The molecule has 2 aromatic rings. The van der Waals surface area contributed by atoms with Crippen molar-refractivity contribution in [1.82, 2.24) is 0 Å². The quantitative estimate of drug-likeness (QED) is 0.794. The van der Waals surface area contributed by atoms with Crippen LogP contribution in [0.5, 0.6) is 11.5 Å². The van der Waals surface area contributed by atoms with Gasteiger partial charge < -0.3 is 10.2 Å². The molecule has 0 aromatic heterocycles. The third kappa shape index (κ3) is 2.94. The van der Waals surface area contributed by atoms with Gasteiger partial charge in [0.15, 0.2) is 0 Å². The number of benzene rings is 2. The van der Waals surface area contributed by atoms with Crippen LogP contribution in [-0.2, 0) is 26.5 Å². The number of rotatable bonds is 2. The Hall–Kier alpha value is -1.27. The smallest absolute Gasteiger partial charge is 0.115 e. The Labute approximate surface area is 122 Å². The van der Waals surface area contributed by atoms with Crippen LogP contribution in [0.4, 0.5) is 0 Å². The van der Waals surface area contributed by atoms with E-state index in [1.54, 1.807) is 24.3 Å². The summed E-state index contributed by atoms with van der Waals surface area (Å²) in [5, 5.41) is 18.8. The fourth-order valence-corrected chi connectivity index (χ4v) is 1.94. The van der Waals surface area contributed by atoms with Gasteiger partial charge in [-0.1, -0.05) is 38.1 Å². The summed E-state index contributed by atoms with van der Waals surface area (Å²) in [6.07, 6.45) is 0. The van der Waals surface area contributed by atoms with Gasteiger partial charge in [0.2, 0.25) is 0 Å². The molecular weight excluding hydrogens is 396 g/mol. The molecule has 2 nitrogen and oxygen atoms in total. The summed E-state index contributed by atoms with van der Waals surface area (Å²) in [4.78, 5) is 0. The van der Waals surface area contributed by atoms with Crippen molar-refractivity contribution in [2.45, 2.75) is 19.3 Å². The van der Waals surface area contributed by atoms with Crippen LogP contribution in [0, 0.1) is 0 Å². The maximum atomic E-state index is 9.53. The SMILES string of the molecule is CC(C)(c1ccc(O)cc1)c1cccc(O)c1.[W]. The number of phenolic OH excluding ortho intramolecular Hbond substituents is 2. The molecule has 0 radical (unpaired) electrons. The minimum atomic E-state index is -0.202. The van der Waals surface area contributed by atoms with Gasteiger partial charge in [-0.2, -0.15) is 0 Å². The first-order valence-electron chi connectivity index (χ1n) is 5.59. The van der Waals surface area contributed by atoms with Crippen LogP contribution in [0.2, 0.25) is 0 Å². The van der Waals surface area contributed by atoms with Crippen LogP contribution in [0.25, 0.3) is 0 Å². The van der Waals surface area contributed by atoms with Gasteiger partial charge in [-0.05, 0) is 35.4 Å². The summed E-state index contributed by atoms with van der Waals surface area (Å²) in [6, 6.07) is 14.4. The van der Waals surface area contributed by atoms with Gasteiger partial charge in [-0.15, -0.1) is 0 Å². The molecule has 0 fully saturated rings. The zero-order chi connectivity index (χ0) is 12.5. The number of phenols is 2. The van der Waals surface area contributed by atoms with Crippen molar-refractivity contribution in [1.29, 1.82) is 0 Å². The van der Waals surface area contributed by atoms with Gasteiger partial charge >= 0.3 is 0 Å². The second-order valence-corrected chi connectivity index (χ2v) is 4.72. The Morgan fingerprint density at radius 2 is 1.39 bits per heavy atom. The van der Waals surface area contributed by atoms with Crippen molar-refractivity contribution in [3.05, 3.63) is 59.7 Å². The topological polar surface area (TPSA) is 40.5 Å². The second kappa shape index (κ2) is 5.58. The van der Waals surface area contributed by atoms with Gasteiger partial charge in [-0.3, -0.25) is 0 Å². The van der Waals surface area contributed by atoms with Gasteiger partial charge in [-0.25, -0.2) is 0 Å². The molecule has 0 heterocycles. The summed E-state index contributed by atoms with van der Waals surface area (Å²) < 4.78 is 0. The standard InChI is InChI=1S/C15H16O2.W/c1-15(2,11-6-8-13(16)9-7-11)12-4-3-5-14(17)10-12;/h3-10,16-17H,1-2H3;. The Bertz CT molecular complexity index is 518. The molecule has 0 spiro atoms. The van der Waals surface area contributed by atoms with Crippen LogP contribution in [0.3, 0.4) is 0 Å². The largest absolute Gasteiger partial charge is 0.508 e. The van der Waals surface area contributed by atoms with E-state index in [1.165, 1.54) is 0 Å². The van der Waals surface area contributed by atoms with Crippen molar-refractivity contribution in [3.63, 3.8) is 0 Å². The first kappa shape index (κ1) is 14.8. The van der Waals surface area contributed by atoms with E-state index in [4.69, 9.17) is 0 Å². The average Bonchev–Trinajstić information content (AvgIpc) is 2.29. The minimum Gasteiger partial charge on any atom is -0.508 e. The van der Waals surface area contributed by atoms with Crippen LogP contribution in [0.15, 0.2) is 48.5 Å². The molecular formula is C15H16O2W. The molecule has 2 aromatic carbocycles. The summed E-state index contributed by atoms with van der Waals surface area (Å²) in [6.45, 7) is 4.18. The first-order chi connectivity index (χ1) is 8.00. The van der Waals surface area contributed by atoms with Crippen LogP contribution in [-0.4, -0.2) is 10.2 Å². The van der Waals surface area contributed by atoms with Crippen molar-refractivity contribution in [2.24, 2.45) is 0 Å². The van der Waals surface area contributed by atoms with Crippen molar-refractivity contribution in [2.75, 3.05) is 0 Å². The van der Waals surface area contributed by atoms with E-state index in [0.29, 0.717) is 0 Å². The Balaban J connectivity index is 0.00000162. The molecule has 0 aliphatic rings. The molecule has 0 aliphatic heterocycles. The molecule has 18 heavy (non-hydrogen) atoms. The van der Waals surface area contributed by atoms with E-state index >= 15 is 0 Å². The zero-order valence-electron chi connectivity index (χ0n) is 10.4. The summed E-state index contributed by atoms with van der Waals surface area (Å²) >= 11 is 0. The predicted octanol–water partition coefficient (Wildman–Crippen LogP) is 3.42. The Kier molecular flexibility index (Phi) is 4.58. The van der Waals surface area contributed by atoms with Gasteiger partial charge in [0.05, 0.1) is 0 Å². The molecule has 0 atom stereocenters. The van der Waals surface area contributed by atoms with Crippen molar-refractivity contribution >= 4 is 0 Å². The van der Waals surface area contributed by atoms with Gasteiger partial charge in [0.1, 0.15) is 11.5 Å². The fraction of sp³-hybridized carbons (Fsp3) is 0.200. The van der Waals surface area contributed by atoms with Crippen LogP contribution in [0.1, 0.15) is 25.0 Å². The fourth-order valence-electron chi connectivity index (χ4n) is 1.94. The molecule has 0 saturated heterocycles. The first-order valence-corrected chi connectivity index (χ1v) is 5.59. The van der Waals surface area contributed by atoms with E-state index in [-0.39, 0.29) is 38.0 Å². The molecule has 0 amide bonds. The predicted molar refractivity (Wildman–Crippen MR) is 68.3 cm³/mol. The number of hydrogen-bond acceptors (Lipinski definition) is 2. The van der Waals surface area contributed by atoms with E-state index in [1.807, 2.05) is 24.3 Å². The normalized spacial score (nSPS) is 10.8. The van der Waals surface area contributed by atoms with E-state index in [9.17, 15) is 10.2 Å². The number of hydrogen-bond donors (Lipinski definition) is 2. The maximum Gasteiger partial charge on any atom is 0.115 e. The molecule has 0 aliphatic carbocycles. The van der Waals surface area contributed by atoms with Gasteiger partial charge in [0, 0.05) is 26.5 Å². The molecule has 0 unspecified atom stereocenters. The molecule has 2 N–H and O–H groups in total. The van der Waals surface area contributed by atoms with Crippen molar-refractivity contribution < 1.29 is 31.3 Å². The van der Waals surface area contributed by atoms with Crippen molar-refractivity contribution in [3.8, 4) is 11.5 Å². The zero-order valence-corrected chi connectivity index (χ0v) is 13.4. The molecule has 2 rings (SSSR count). The minimum absolute atomic E-state index is 0. The Morgan fingerprint density at radius 1 is 0.778 bits per heavy atom. The van der Waals surface area contributed by atoms with E-state index in [2.05, 4.69) is 13.8 Å². The Morgan fingerprint density at radius 3 is 1.94 bits per heavy atom. The third-order valence-electron chi connectivity index (χ3n) is 3.16. The average molecular weight is 412 g/mol. The van der Waals surface area contributed by atoms with Gasteiger partial charge in [0.25, 0.3) is 0 Å². The summed E-state index contributed by atoms with van der Waals surface area (Å²) in [5.74, 6) is 0.537. The molecule has 94 valence electrons. The molecule has 3 heteroatoms. The van der Waals surface area contributed by atoms with E-state index < -0.39 is 0 Å². The molecule has 0 saturated carbocycles. The summed E-state index contributed by atoms with van der Waals surface area (Å²) in [5.41, 5.74) is 1.94. The van der Waals surface area contributed by atoms with E-state index in [0.717, 1.165) is 11.1 Å². The second-order valence-electron chi connectivity index (χ2n) is 4.72. The third-order valence-corrected chi connectivity index (χ3v) is 3.16.